The van der Waals surface area contributed by atoms with Gasteiger partial charge in [-0.1, -0.05) is 0 Å². The Hall–Kier alpha value is -1.62. The summed E-state index contributed by atoms with van der Waals surface area (Å²) in [6.07, 6.45) is 5.92. The molecule has 1 aliphatic heterocycles. The fourth-order valence-electron chi connectivity index (χ4n) is 2.97. The van der Waals surface area contributed by atoms with Gasteiger partial charge in [-0.25, -0.2) is 0 Å². The molecule has 1 aliphatic carbocycles. The summed E-state index contributed by atoms with van der Waals surface area (Å²) in [5, 5.41) is 10.9. The number of nitrogens with zero attached hydrogens (tertiary/aromatic N) is 2. The molecule has 0 bridgehead atoms. The molecule has 5 nitrogen and oxygen atoms in total. The van der Waals surface area contributed by atoms with E-state index in [2.05, 4.69) is 4.90 Å². The standard InChI is InChI=1S/C16H22N2O3/c19-18(20)14-6-7-15(13-4-5-13)16(12-14)21-11-3-10-17-8-1-2-9-17/h6-7,12-13H,1-5,8-11H2. The third kappa shape index (κ3) is 3.73. The molecule has 2 aliphatic rings. The molecule has 5 heteroatoms. The first kappa shape index (κ1) is 14.3. The number of likely N-dealkylation sites (tertiary alicyclic amines) is 1. The van der Waals surface area contributed by atoms with Crippen LogP contribution in [0.15, 0.2) is 18.2 Å². The average molecular weight is 290 g/mol. The summed E-state index contributed by atoms with van der Waals surface area (Å²) >= 11 is 0. The van der Waals surface area contributed by atoms with Crippen LogP contribution in [0, 0.1) is 10.1 Å². The number of hydrogen-bond donors (Lipinski definition) is 0. The average Bonchev–Trinajstić information content (AvgIpc) is 3.20. The van der Waals surface area contributed by atoms with Crippen LogP contribution in [0.3, 0.4) is 0 Å². The smallest absolute Gasteiger partial charge is 0.273 e. The van der Waals surface area contributed by atoms with E-state index in [4.69, 9.17) is 4.74 Å². The summed E-state index contributed by atoms with van der Waals surface area (Å²) in [6, 6.07) is 5.04. The highest BCUT2D eigenvalue weighted by Crippen LogP contribution is 2.45. The predicted octanol–water partition coefficient (Wildman–Crippen LogP) is 3.34. The van der Waals surface area contributed by atoms with Crippen molar-refractivity contribution in [2.24, 2.45) is 0 Å². The molecule has 114 valence electrons. The van der Waals surface area contributed by atoms with Crippen LogP contribution in [0.4, 0.5) is 5.69 Å². The van der Waals surface area contributed by atoms with Crippen LogP contribution in [0.25, 0.3) is 0 Å². The predicted molar refractivity (Wildman–Crippen MR) is 80.9 cm³/mol. The van der Waals surface area contributed by atoms with Gasteiger partial charge >= 0.3 is 0 Å². The van der Waals surface area contributed by atoms with Gasteiger partial charge in [-0.3, -0.25) is 10.1 Å². The van der Waals surface area contributed by atoms with Gasteiger partial charge in [0, 0.05) is 12.6 Å². The minimum atomic E-state index is -0.353. The van der Waals surface area contributed by atoms with E-state index in [0.717, 1.165) is 18.5 Å². The molecule has 1 saturated carbocycles. The van der Waals surface area contributed by atoms with Gasteiger partial charge in [0.1, 0.15) is 5.75 Å². The number of rotatable bonds is 7. The van der Waals surface area contributed by atoms with Crippen LogP contribution in [0.2, 0.25) is 0 Å². The second-order valence-electron chi connectivity index (χ2n) is 6.00. The van der Waals surface area contributed by atoms with Crippen molar-refractivity contribution in [2.45, 2.75) is 38.0 Å². The van der Waals surface area contributed by atoms with Gasteiger partial charge in [0.05, 0.1) is 17.6 Å². The van der Waals surface area contributed by atoms with Crippen molar-refractivity contribution in [1.29, 1.82) is 0 Å². The Labute approximate surface area is 125 Å². The van der Waals surface area contributed by atoms with Crippen LogP contribution < -0.4 is 4.74 Å². The van der Waals surface area contributed by atoms with Crippen LogP contribution in [0.5, 0.6) is 5.75 Å². The van der Waals surface area contributed by atoms with Gasteiger partial charge in [0.15, 0.2) is 0 Å². The Morgan fingerprint density at radius 3 is 2.71 bits per heavy atom. The quantitative estimate of drug-likeness (QED) is 0.439. The lowest BCUT2D eigenvalue weighted by molar-refractivity contribution is -0.385. The zero-order valence-electron chi connectivity index (χ0n) is 12.3. The molecule has 0 radical (unpaired) electrons. The second-order valence-corrected chi connectivity index (χ2v) is 6.00. The number of ether oxygens (including phenoxy) is 1. The van der Waals surface area contributed by atoms with Crippen LogP contribution in [0.1, 0.15) is 43.6 Å². The summed E-state index contributed by atoms with van der Waals surface area (Å²) in [6.45, 7) is 4.10. The first-order valence-corrected chi connectivity index (χ1v) is 7.87. The van der Waals surface area contributed by atoms with Crippen molar-refractivity contribution < 1.29 is 9.66 Å². The number of nitro benzene ring substituents is 1. The third-order valence-corrected chi connectivity index (χ3v) is 4.30. The lowest BCUT2D eigenvalue weighted by Gasteiger charge is -2.15. The minimum absolute atomic E-state index is 0.119. The Balaban J connectivity index is 1.57. The monoisotopic (exact) mass is 290 g/mol. The molecule has 1 aromatic carbocycles. The molecule has 1 saturated heterocycles. The van der Waals surface area contributed by atoms with Crippen LogP contribution in [-0.2, 0) is 0 Å². The van der Waals surface area contributed by atoms with Gasteiger partial charge in [0.2, 0.25) is 0 Å². The van der Waals surface area contributed by atoms with Gasteiger partial charge in [-0.2, -0.15) is 0 Å². The zero-order chi connectivity index (χ0) is 14.7. The van der Waals surface area contributed by atoms with Crippen molar-refractivity contribution in [3.05, 3.63) is 33.9 Å². The first-order valence-electron chi connectivity index (χ1n) is 7.87. The summed E-state index contributed by atoms with van der Waals surface area (Å²) in [4.78, 5) is 13.0. The normalized spacial score (nSPS) is 18.9. The molecule has 0 N–H and O–H groups in total. The Kier molecular flexibility index (Phi) is 4.39. The molecule has 1 heterocycles. The van der Waals surface area contributed by atoms with Gasteiger partial charge in [-0.15, -0.1) is 0 Å². The van der Waals surface area contributed by atoms with Crippen LogP contribution in [-0.4, -0.2) is 36.1 Å². The van der Waals surface area contributed by atoms with Crippen molar-refractivity contribution in [3.8, 4) is 5.75 Å². The molecule has 0 atom stereocenters. The SMILES string of the molecule is O=[N+]([O-])c1ccc(C2CC2)c(OCCCN2CCCC2)c1. The fourth-order valence-corrected chi connectivity index (χ4v) is 2.97. The van der Waals surface area contributed by atoms with Crippen molar-refractivity contribution in [1.82, 2.24) is 4.90 Å². The van der Waals surface area contributed by atoms with Gasteiger partial charge < -0.3 is 9.64 Å². The topological polar surface area (TPSA) is 55.6 Å². The lowest BCUT2D eigenvalue weighted by Crippen LogP contribution is -2.22. The molecule has 2 fully saturated rings. The fraction of sp³-hybridized carbons (Fsp3) is 0.625. The maximum atomic E-state index is 10.9. The highest BCUT2D eigenvalue weighted by atomic mass is 16.6. The molecule has 0 spiro atoms. The number of nitro groups is 1. The van der Waals surface area contributed by atoms with Crippen molar-refractivity contribution in [3.63, 3.8) is 0 Å². The summed E-state index contributed by atoms with van der Waals surface area (Å²) in [5.41, 5.74) is 1.26. The van der Waals surface area contributed by atoms with E-state index in [-0.39, 0.29) is 10.6 Å². The molecule has 1 aromatic rings. The summed E-state index contributed by atoms with van der Waals surface area (Å²) in [7, 11) is 0. The van der Waals surface area contributed by atoms with E-state index < -0.39 is 0 Å². The number of non-ortho nitro benzene ring substituents is 1. The zero-order valence-corrected chi connectivity index (χ0v) is 12.3. The molecule has 0 unspecified atom stereocenters. The number of hydrogen-bond acceptors (Lipinski definition) is 4. The second kappa shape index (κ2) is 6.43. The molecule has 3 rings (SSSR count). The van der Waals surface area contributed by atoms with E-state index in [0.29, 0.717) is 18.3 Å². The highest BCUT2D eigenvalue weighted by molar-refractivity contribution is 5.47. The minimum Gasteiger partial charge on any atom is -0.493 e. The molecular formula is C16H22N2O3. The summed E-state index contributed by atoms with van der Waals surface area (Å²) < 4.78 is 5.86. The Bertz CT molecular complexity index is 508. The third-order valence-electron chi connectivity index (χ3n) is 4.30. The lowest BCUT2D eigenvalue weighted by atomic mass is 10.1. The van der Waals surface area contributed by atoms with Gasteiger partial charge in [0.25, 0.3) is 5.69 Å². The van der Waals surface area contributed by atoms with Crippen molar-refractivity contribution >= 4 is 5.69 Å². The molecular weight excluding hydrogens is 268 g/mol. The van der Waals surface area contributed by atoms with E-state index in [1.165, 1.54) is 38.8 Å². The first-order chi connectivity index (χ1) is 10.2. The van der Waals surface area contributed by atoms with E-state index in [1.54, 1.807) is 12.1 Å². The van der Waals surface area contributed by atoms with Crippen LogP contribution >= 0.6 is 0 Å². The van der Waals surface area contributed by atoms with E-state index >= 15 is 0 Å². The Morgan fingerprint density at radius 1 is 1.29 bits per heavy atom. The molecule has 21 heavy (non-hydrogen) atoms. The van der Waals surface area contributed by atoms with E-state index in [9.17, 15) is 10.1 Å². The highest BCUT2D eigenvalue weighted by Gasteiger charge is 2.28. The largest absolute Gasteiger partial charge is 0.493 e. The van der Waals surface area contributed by atoms with Crippen molar-refractivity contribution in [2.75, 3.05) is 26.2 Å². The Morgan fingerprint density at radius 2 is 2.05 bits per heavy atom. The van der Waals surface area contributed by atoms with Gasteiger partial charge in [-0.05, 0) is 62.7 Å². The van der Waals surface area contributed by atoms with E-state index in [1.807, 2.05) is 6.07 Å². The molecule has 0 aromatic heterocycles. The maximum Gasteiger partial charge on any atom is 0.273 e. The summed E-state index contributed by atoms with van der Waals surface area (Å²) in [5.74, 6) is 1.26. The number of benzene rings is 1. The maximum absolute atomic E-state index is 10.9. The molecule has 0 amide bonds.